The molecular weight excluding hydrogens is 346 g/mol. The van der Waals surface area contributed by atoms with Crippen LogP contribution in [-0.4, -0.2) is 38.2 Å². The van der Waals surface area contributed by atoms with Gasteiger partial charge in [0.15, 0.2) is 0 Å². The van der Waals surface area contributed by atoms with Crippen molar-refractivity contribution >= 4 is 35.0 Å². The topological polar surface area (TPSA) is 54.5 Å². The number of hydrogen-bond acceptors (Lipinski definition) is 6. The van der Waals surface area contributed by atoms with Crippen molar-refractivity contribution in [2.45, 2.75) is 5.03 Å². The molecule has 0 unspecified atom stereocenters. The number of methoxy groups -OCH3 is 1. The number of ether oxygens (including phenoxy) is 1. The highest BCUT2D eigenvalue weighted by Gasteiger charge is 2.22. The Morgan fingerprint density at radius 2 is 2.00 bits per heavy atom. The molecule has 2 aromatic rings. The lowest BCUT2D eigenvalue weighted by Crippen LogP contribution is -2.14. The highest BCUT2D eigenvalue weighted by molar-refractivity contribution is 7.99. The molecule has 0 aliphatic carbocycles. The molecule has 0 bridgehead atoms. The Morgan fingerprint density at radius 3 is 2.65 bits per heavy atom. The van der Waals surface area contributed by atoms with Gasteiger partial charge in [-0.1, -0.05) is 0 Å². The maximum atomic E-state index is 11.6. The second kappa shape index (κ2) is 8.10. The number of nitrogens with one attached hydrogen (secondary N) is 1. The number of carbonyl (C=O) groups is 1. The molecule has 134 valence electrons. The SMILES string of the molecule is COc1ccc(N/C=C\C2=C(C=O)CSc3nccc(N(C)C)c32)cc1. The summed E-state index contributed by atoms with van der Waals surface area (Å²) in [4.78, 5) is 18.1. The minimum absolute atomic E-state index is 0.628. The Balaban J connectivity index is 1.92. The van der Waals surface area contributed by atoms with E-state index in [2.05, 4.69) is 10.3 Å². The van der Waals surface area contributed by atoms with E-state index < -0.39 is 0 Å². The first-order valence-electron chi connectivity index (χ1n) is 8.19. The van der Waals surface area contributed by atoms with Crippen molar-refractivity contribution in [2.75, 3.05) is 37.2 Å². The molecule has 2 heterocycles. The van der Waals surface area contributed by atoms with Crippen molar-refractivity contribution < 1.29 is 9.53 Å². The van der Waals surface area contributed by atoms with E-state index in [1.807, 2.05) is 67.8 Å². The molecule has 1 aromatic carbocycles. The number of rotatable bonds is 6. The van der Waals surface area contributed by atoms with Crippen LogP contribution in [0.4, 0.5) is 11.4 Å². The van der Waals surface area contributed by atoms with Gasteiger partial charge in [-0.05, 0) is 42.0 Å². The van der Waals surface area contributed by atoms with E-state index in [9.17, 15) is 4.79 Å². The van der Waals surface area contributed by atoms with Gasteiger partial charge in [0.2, 0.25) is 0 Å². The van der Waals surface area contributed by atoms with E-state index in [-0.39, 0.29) is 0 Å². The van der Waals surface area contributed by atoms with Crippen LogP contribution in [0.25, 0.3) is 5.57 Å². The second-order valence-corrected chi connectivity index (χ2v) is 6.92. The van der Waals surface area contributed by atoms with Crippen LogP contribution in [0.2, 0.25) is 0 Å². The van der Waals surface area contributed by atoms with Gasteiger partial charge in [0.25, 0.3) is 0 Å². The fourth-order valence-corrected chi connectivity index (χ4v) is 3.76. The number of aldehydes is 1. The number of pyridine rings is 1. The van der Waals surface area contributed by atoms with E-state index in [1.165, 1.54) is 0 Å². The predicted molar refractivity (Wildman–Crippen MR) is 108 cm³/mol. The third-order valence-corrected chi connectivity index (χ3v) is 5.13. The molecule has 26 heavy (non-hydrogen) atoms. The summed E-state index contributed by atoms with van der Waals surface area (Å²) < 4.78 is 5.17. The average Bonchev–Trinajstić information content (AvgIpc) is 2.67. The highest BCUT2D eigenvalue weighted by atomic mass is 32.2. The number of aromatic nitrogens is 1. The Hall–Kier alpha value is -2.73. The molecule has 6 heteroatoms. The molecule has 0 amide bonds. The molecule has 0 saturated carbocycles. The molecule has 1 aromatic heterocycles. The zero-order valence-electron chi connectivity index (χ0n) is 15.0. The summed E-state index contributed by atoms with van der Waals surface area (Å²) in [5.74, 6) is 1.44. The molecule has 0 radical (unpaired) electrons. The van der Waals surface area contributed by atoms with Gasteiger partial charge < -0.3 is 15.0 Å². The molecule has 0 spiro atoms. The van der Waals surface area contributed by atoms with Gasteiger partial charge >= 0.3 is 0 Å². The molecule has 3 rings (SSSR count). The summed E-state index contributed by atoms with van der Waals surface area (Å²) in [5, 5.41) is 4.19. The summed E-state index contributed by atoms with van der Waals surface area (Å²) in [6, 6.07) is 9.64. The Bertz CT molecular complexity index is 858. The summed E-state index contributed by atoms with van der Waals surface area (Å²) in [7, 11) is 5.63. The Labute approximate surface area is 157 Å². The first-order valence-corrected chi connectivity index (χ1v) is 9.17. The van der Waals surface area contributed by atoms with Crippen LogP contribution in [0.1, 0.15) is 5.56 Å². The van der Waals surface area contributed by atoms with E-state index in [4.69, 9.17) is 4.74 Å². The number of anilines is 2. The number of fused-ring (bicyclic) bond motifs is 1. The summed E-state index contributed by atoms with van der Waals surface area (Å²) in [6.07, 6.45) is 6.55. The predicted octanol–water partition coefficient (Wildman–Crippen LogP) is 3.84. The van der Waals surface area contributed by atoms with Crippen molar-refractivity contribution in [1.82, 2.24) is 4.98 Å². The van der Waals surface area contributed by atoms with Gasteiger partial charge in [0.05, 0.1) is 7.11 Å². The smallest absolute Gasteiger partial charge is 0.147 e. The molecule has 0 fully saturated rings. The molecule has 0 saturated heterocycles. The number of carbonyl (C=O) groups excluding carboxylic acids is 1. The van der Waals surface area contributed by atoms with Crippen LogP contribution in [0.3, 0.4) is 0 Å². The molecule has 1 aliphatic heterocycles. The van der Waals surface area contributed by atoms with E-state index in [0.717, 1.165) is 45.1 Å². The van der Waals surface area contributed by atoms with Gasteiger partial charge in [-0.25, -0.2) is 4.98 Å². The van der Waals surface area contributed by atoms with Crippen LogP contribution < -0.4 is 15.0 Å². The van der Waals surface area contributed by atoms with Gasteiger partial charge in [0.1, 0.15) is 17.1 Å². The minimum atomic E-state index is 0.628. The zero-order valence-corrected chi connectivity index (χ0v) is 15.8. The van der Waals surface area contributed by atoms with E-state index in [0.29, 0.717) is 5.75 Å². The van der Waals surface area contributed by atoms with Gasteiger partial charge in [-0.3, -0.25) is 4.79 Å². The lowest BCUT2D eigenvalue weighted by atomic mass is 10.00. The van der Waals surface area contributed by atoms with Gasteiger partial charge in [-0.15, -0.1) is 11.8 Å². The minimum Gasteiger partial charge on any atom is -0.497 e. The number of allylic oxidation sites excluding steroid dienone is 2. The van der Waals surface area contributed by atoms with Crippen LogP contribution >= 0.6 is 11.8 Å². The standard InChI is InChI=1S/C20H21N3O2S/c1-23(2)18-9-11-22-20-19(18)17(14(12-24)13-26-20)8-10-21-15-4-6-16(25-3)7-5-15/h4-12,21H,13H2,1-3H3/b10-8-. The molecule has 0 atom stereocenters. The lowest BCUT2D eigenvalue weighted by Gasteiger charge is -2.24. The van der Waals surface area contributed by atoms with E-state index in [1.54, 1.807) is 18.9 Å². The first kappa shape index (κ1) is 18.1. The monoisotopic (exact) mass is 367 g/mol. The van der Waals surface area contributed by atoms with Crippen molar-refractivity contribution in [3.05, 3.63) is 59.9 Å². The Kier molecular flexibility index (Phi) is 5.63. The quantitative estimate of drug-likeness (QED) is 0.783. The van der Waals surface area contributed by atoms with Crippen LogP contribution in [0, 0.1) is 0 Å². The maximum absolute atomic E-state index is 11.6. The maximum Gasteiger partial charge on any atom is 0.147 e. The van der Waals surface area contributed by atoms with Crippen molar-refractivity contribution in [3.63, 3.8) is 0 Å². The normalized spacial score (nSPS) is 13.5. The highest BCUT2D eigenvalue weighted by Crippen LogP contribution is 2.40. The fraction of sp³-hybridized carbons (Fsp3) is 0.200. The van der Waals surface area contributed by atoms with Crippen LogP contribution in [0.15, 0.2) is 59.4 Å². The third-order valence-electron chi connectivity index (χ3n) is 4.09. The summed E-state index contributed by atoms with van der Waals surface area (Å²) >= 11 is 1.60. The fourth-order valence-electron chi connectivity index (χ4n) is 2.75. The Morgan fingerprint density at radius 1 is 1.23 bits per heavy atom. The summed E-state index contributed by atoms with van der Waals surface area (Å²) in [5.41, 5.74) is 4.67. The van der Waals surface area contributed by atoms with E-state index >= 15 is 0 Å². The zero-order chi connectivity index (χ0) is 18.5. The number of thioether (sulfide) groups is 1. The third kappa shape index (κ3) is 3.75. The summed E-state index contributed by atoms with van der Waals surface area (Å²) in [6.45, 7) is 0. The lowest BCUT2D eigenvalue weighted by molar-refractivity contribution is -0.104. The molecular formula is C20H21N3O2S. The molecule has 5 nitrogen and oxygen atoms in total. The largest absolute Gasteiger partial charge is 0.497 e. The van der Waals surface area contributed by atoms with Gasteiger partial charge in [0, 0.05) is 54.8 Å². The van der Waals surface area contributed by atoms with Crippen LogP contribution in [0.5, 0.6) is 5.75 Å². The number of nitrogens with zero attached hydrogens (tertiary/aromatic N) is 2. The van der Waals surface area contributed by atoms with Crippen molar-refractivity contribution in [1.29, 1.82) is 0 Å². The average molecular weight is 367 g/mol. The second-order valence-electron chi connectivity index (χ2n) is 5.96. The van der Waals surface area contributed by atoms with Crippen LogP contribution in [-0.2, 0) is 4.79 Å². The van der Waals surface area contributed by atoms with Gasteiger partial charge in [-0.2, -0.15) is 0 Å². The van der Waals surface area contributed by atoms with Crippen molar-refractivity contribution in [2.24, 2.45) is 0 Å². The first-order chi connectivity index (χ1) is 12.6. The molecule has 1 aliphatic rings. The molecule has 1 N–H and O–H groups in total. The number of hydrogen-bond donors (Lipinski definition) is 1. The van der Waals surface area contributed by atoms with Crippen molar-refractivity contribution in [3.8, 4) is 5.75 Å². The number of benzene rings is 1.